The molecule has 6 heteroatoms. The van der Waals surface area contributed by atoms with Gasteiger partial charge in [-0.25, -0.2) is 9.97 Å². The Bertz CT molecular complexity index is 543. The average molecular weight is 259 g/mol. The second-order valence-electron chi connectivity index (χ2n) is 4.90. The van der Waals surface area contributed by atoms with Gasteiger partial charge in [0.05, 0.1) is 11.8 Å². The molecule has 0 unspecified atom stereocenters. The predicted octanol–water partition coefficient (Wildman–Crippen LogP) is 0.938. The summed E-state index contributed by atoms with van der Waals surface area (Å²) in [6, 6.07) is 1.65. The molecule has 2 N–H and O–H groups in total. The Balaban J connectivity index is 1.79. The number of anilines is 1. The predicted molar refractivity (Wildman–Crippen MR) is 66.0 cm³/mol. The van der Waals surface area contributed by atoms with Crippen LogP contribution in [0.25, 0.3) is 0 Å². The number of allylic oxidation sites excluding steroid dienone is 2. The molecule has 0 aliphatic heterocycles. The highest BCUT2D eigenvalue weighted by Gasteiger charge is 2.51. The Labute approximate surface area is 109 Å². The highest BCUT2D eigenvalue weighted by Crippen LogP contribution is 2.48. The lowest BCUT2D eigenvalue weighted by Gasteiger charge is -2.23. The smallest absolute Gasteiger partial charge is 0.307 e. The summed E-state index contributed by atoms with van der Waals surface area (Å²) in [5, 5.41) is 11.9. The van der Waals surface area contributed by atoms with Crippen molar-refractivity contribution in [3.63, 3.8) is 0 Å². The maximum atomic E-state index is 12.2. The maximum Gasteiger partial charge on any atom is 0.307 e. The summed E-state index contributed by atoms with van der Waals surface area (Å²) < 4.78 is 0. The topological polar surface area (TPSA) is 92.2 Å². The molecule has 1 amide bonds. The van der Waals surface area contributed by atoms with E-state index in [2.05, 4.69) is 15.3 Å². The first-order valence-corrected chi connectivity index (χ1v) is 6.16. The summed E-state index contributed by atoms with van der Waals surface area (Å²) in [6.07, 6.45) is 7.65. The fourth-order valence-corrected chi connectivity index (χ4v) is 3.07. The number of nitrogens with zero attached hydrogens (tertiary/aromatic N) is 2. The van der Waals surface area contributed by atoms with Crippen molar-refractivity contribution < 1.29 is 14.7 Å². The fourth-order valence-electron chi connectivity index (χ4n) is 3.07. The first-order chi connectivity index (χ1) is 9.16. The van der Waals surface area contributed by atoms with E-state index in [1.165, 1.54) is 12.4 Å². The summed E-state index contributed by atoms with van der Waals surface area (Å²) in [6.45, 7) is 0. The molecule has 6 nitrogen and oxygen atoms in total. The van der Waals surface area contributed by atoms with E-state index in [1.807, 2.05) is 12.2 Å². The van der Waals surface area contributed by atoms with Crippen LogP contribution in [0, 0.1) is 23.7 Å². The van der Waals surface area contributed by atoms with E-state index in [-0.39, 0.29) is 23.7 Å². The Morgan fingerprint density at radius 3 is 2.42 bits per heavy atom. The van der Waals surface area contributed by atoms with Crippen molar-refractivity contribution in [3.05, 3.63) is 30.6 Å². The van der Waals surface area contributed by atoms with E-state index < -0.39 is 17.8 Å². The number of carboxylic acid groups (broad SMARTS) is 1. The van der Waals surface area contributed by atoms with Gasteiger partial charge in [-0.2, -0.15) is 0 Å². The summed E-state index contributed by atoms with van der Waals surface area (Å²) in [5.41, 5.74) is 0. The van der Waals surface area contributed by atoms with E-state index in [4.69, 9.17) is 0 Å². The van der Waals surface area contributed by atoms with E-state index in [0.717, 1.165) is 6.42 Å². The second kappa shape index (κ2) is 4.46. The number of carbonyl (C=O) groups is 2. The SMILES string of the molecule is O=C(O)[C@@H]1[C@@H](C(=O)Nc2ncccn2)[C@H]2C=C[C@H]1C2. The molecule has 1 aromatic heterocycles. The minimum Gasteiger partial charge on any atom is -0.481 e. The van der Waals surface area contributed by atoms with Gasteiger partial charge in [0.2, 0.25) is 11.9 Å². The van der Waals surface area contributed by atoms with Crippen molar-refractivity contribution in [1.82, 2.24) is 9.97 Å². The number of fused-ring (bicyclic) bond motifs is 2. The zero-order valence-electron chi connectivity index (χ0n) is 10.1. The standard InChI is InChI=1S/C13H13N3O3/c17-11(16-13-14-4-1-5-15-13)9-7-2-3-8(6-7)10(9)12(18)19/h1-5,7-10H,6H2,(H,18,19)(H,14,15,16,17)/t7-,8-,9-,10-/m0/s1. The lowest BCUT2D eigenvalue weighted by atomic mass is 9.82. The molecule has 0 saturated heterocycles. The molecule has 2 bridgehead atoms. The van der Waals surface area contributed by atoms with Gasteiger partial charge < -0.3 is 5.11 Å². The quantitative estimate of drug-likeness (QED) is 0.788. The van der Waals surface area contributed by atoms with Crippen LogP contribution in [0.1, 0.15) is 6.42 Å². The van der Waals surface area contributed by atoms with E-state index in [0.29, 0.717) is 0 Å². The van der Waals surface area contributed by atoms with Crippen molar-refractivity contribution in [3.8, 4) is 0 Å². The highest BCUT2D eigenvalue weighted by molar-refractivity contribution is 5.95. The molecule has 2 aliphatic rings. The number of hydrogen-bond donors (Lipinski definition) is 2. The van der Waals surface area contributed by atoms with Crippen molar-refractivity contribution in [2.45, 2.75) is 6.42 Å². The molecular formula is C13H13N3O3. The first kappa shape index (κ1) is 11.8. The van der Waals surface area contributed by atoms with E-state index >= 15 is 0 Å². The summed E-state index contributed by atoms with van der Waals surface area (Å²) in [7, 11) is 0. The number of hydrogen-bond acceptors (Lipinski definition) is 4. The minimum absolute atomic E-state index is 0.00909. The molecule has 19 heavy (non-hydrogen) atoms. The van der Waals surface area contributed by atoms with Crippen LogP contribution in [-0.2, 0) is 9.59 Å². The number of amides is 1. The van der Waals surface area contributed by atoms with Crippen LogP contribution in [0.3, 0.4) is 0 Å². The van der Waals surface area contributed by atoms with Gasteiger partial charge in [0.25, 0.3) is 0 Å². The van der Waals surface area contributed by atoms with Crippen molar-refractivity contribution in [1.29, 1.82) is 0 Å². The highest BCUT2D eigenvalue weighted by atomic mass is 16.4. The van der Waals surface area contributed by atoms with Crippen molar-refractivity contribution >= 4 is 17.8 Å². The number of rotatable bonds is 3. The molecule has 0 spiro atoms. The zero-order chi connectivity index (χ0) is 13.4. The minimum atomic E-state index is -0.911. The molecule has 1 heterocycles. The molecule has 98 valence electrons. The summed E-state index contributed by atoms with van der Waals surface area (Å²) >= 11 is 0. The Kier molecular flexibility index (Phi) is 2.77. The van der Waals surface area contributed by atoms with Gasteiger partial charge in [-0.3, -0.25) is 14.9 Å². The Hall–Kier alpha value is -2.24. The molecule has 0 aromatic carbocycles. The number of aromatic nitrogens is 2. The summed E-state index contributed by atoms with van der Waals surface area (Å²) in [4.78, 5) is 31.4. The Morgan fingerprint density at radius 2 is 1.79 bits per heavy atom. The molecule has 1 saturated carbocycles. The molecule has 4 atom stereocenters. The van der Waals surface area contributed by atoms with Gasteiger partial charge >= 0.3 is 5.97 Å². The lowest BCUT2D eigenvalue weighted by Crippen LogP contribution is -2.36. The number of carboxylic acids is 1. The molecule has 2 aliphatic carbocycles. The van der Waals surface area contributed by atoms with E-state index in [9.17, 15) is 14.7 Å². The summed E-state index contributed by atoms with van der Waals surface area (Å²) in [5.74, 6) is -2.20. The Morgan fingerprint density at radius 1 is 1.16 bits per heavy atom. The van der Waals surface area contributed by atoms with Crippen LogP contribution in [-0.4, -0.2) is 27.0 Å². The zero-order valence-corrected chi connectivity index (χ0v) is 10.1. The third kappa shape index (κ3) is 1.99. The molecular weight excluding hydrogens is 246 g/mol. The largest absolute Gasteiger partial charge is 0.481 e. The number of nitrogens with one attached hydrogen (secondary N) is 1. The third-order valence-corrected chi connectivity index (χ3v) is 3.85. The van der Waals surface area contributed by atoms with Crippen LogP contribution < -0.4 is 5.32 Å². The van der Waals surface area contributed by atoms with Gasteiger partial charge in [0, 0.05) is 12.4 Å². The normalized spacial score (nSPS) is 31.4. The first-order valence-electron chi connectivity index (χ1n) is 6.16. The van der Waals surface area contributed by atoms with Crippen LogP contribution in [0.15, 0.2) is 30.6 Å². The van der Waals surface area contributed by atoms with Crippen LogP contribution in [0.4, 0.5) is 5.95 Å². The van der Waals surface area contributed by atoms with Gasteiger partial charge in [-0.05, 0) is 24.3 Å². The van der Waals surface area contributed by atoms with Gasteiger partial charge in [-0.15, -0.1) is 0 Å². The fraction of sp³-hybridized carbons (Fsp3) is 0.385. The third-order valence-electron chi connectivity index (χ3n) is 3.85. The molecule has 3 rings (SSSR count). The van der Waals surface area contributed by atoms with Crippen LogP contribution >= 0.6 is 0 Å². The lowest BCUT2D eigenvalue weighted by molar-refractivity contribution is -0.146. The van der Waals surface area contributed by atoms with E-state index in [1.54, 1.807) is 6.07 Å². The maximum absolute atomic E-state index is 12.2. The van der Waals surface area contributed by atoms with Gasteiger partial charge in [0.1, 0.15) is 0 Å². The van der Waals surface area contributed by atoms with Crippen molar-refractivity contribution in [2.24, 2.45) is 23.7 Å². The molecule has 1 aromatic rings. The second-order valence-corrected chi connectivity index (χ2v) is 4.90. The monoisotopic (exact) mass is 259 g/mol. The average Bonchev–Trinajstić information content (AvgIpc) is 2.99. The number of aliphatic carboxylic acids is 1. The van der Waals surface area contributed by atoms with Gasteiger partial charge in [0.15, 0.2) is 0 Å². The van der Waals surface area contributed by atoms with Crippen LogP contribution in [0.2, 0.25) is 0 Å². The number of carbonyl (C=O) groups excluding carboxylic acids is 1. The molecule has 1 fully saturated rings. The van der Waals surface area contributed by atoms with Crippen molar-refractivity contribution in [2.75, 3.05) is 5.32 Å². The van der Waals surface area contributed by atoms with Crippen LogP contribution in [0.5, 0.6) is 0 Å². The molecule has 0 radical (unpaired) electrons. The van der Waals surface area contributed by atoms with Gasteiger partial charge in [-0.1, -0.05) is 12.2 Å².